The summed E-state index contributed by atoms with van der Waals surface area (Å²) in [7, 11) is 0. The van der Waals surface area contributed by atoms with Gasteiger partial charge >= 0.3 is 0 Å². The molecule has 0 spiro atoms. The van der Waals surface area contributed by atoms with Crippen molar-refractivity contribution in [2.75, 3.05) is 0 Å². The Morgan fingerprint density at radius 1 is 0.260 bits per heavy atom. The Balaban J connectivity index is 1.31. The molecule has 2 aliphatic heterocycles. The average molecular weight is 635 g/mol. The van der Waals surface area contributed by atoms with Crippen LogP contribution in [0.5, 0.6) is 0 Å². The Morgan fingerprint density at radius 3 is 1.10 bits per heavy atom. The van der Waals surface area contributed by atoms with Crippen molar-refractivity contribution in [3.63, 3.8) is 0 Å². The van der Waals surface area contributed by atoms with Crippen LogP contribution in [0, 0.1) is 0 Å². The molecule has 0 saturated carbocycles. The van der Waals surface area contributed by atoms with E-state index in [-0.39, 0.29) is 0 Å². The van der Waals surface area contributed by atoms with E-state index in [2.05, 4.69) is 158 Å². The summed E-state index contributed by atoms with van der Waals surface area (Å²) in [6.07, 6.45) is 0. The van der Waals surface area contributed by atoms with Gasteiger partial charge in [-0.15, -0.1) is 0 Å². The van der Waals surface area contributed by atoms with Gasteiger partial charge in [0.25, 0.3) is 0 Å². The summed E-state index contributed by atoms with van der Waals surface area (Å²) in [6, 6.07) is 56.8. The molecule has 0 N–H and O–H groups in total. The van der Waals surface area contributed by atoms with Crippen molar-refractivity contribution >= 4 is 87.0 Å². The molecule has 0 saturated heterocycles. The Kier molecular flexibility index (Phi) is 5.00. The van der Waals surface area contributed by atoms with Gasteiger partial charge in [-0.1, -0.05) is 133 Å². The molecule has 2 heteroatoms. The first-order valence-corrected chi connectivity index (χ1v) is 17.2. The van der Waals surface area contributed by atoms with Gasteiger partial charge in [-0.3, -0.25) is 0 Å². The minimum Gasteiger partial charge on any atom is -0.455 e. The number of hydrogen-bond acceptors (Lipinski definition) is 2. The van der Waals surface area contributed by atoms with Crippen LogP contribution in [0.2, 0.25) is 0 Å². The molecular formula is C48H26O2. The molecule has 50 heavy (non-hydrogen) atoms. The Hall–Kier alpha value is -6.64. The molecule has 2 aliphatic rings. The fourth-order valence-corrected chi connectivity index (χ4v) is 8.98. The van der Waals surface area contributed by atoms with Gasteiger partial charge in [-0.25, -0.2) is 0 Å². The third-order valence-electron chi connectivity index (χ3n) is 11.0. The molecule has 12 rings (SSSR count). The first-order chi connectivity index (χ1) is 24.8. The van der Waals surface area contributed by atoms with Crippen molar-refractivity contribution in [1.29, 1.82) is 0 Å². The van der Waals surface area contributed by atoms with Gasteiger partial charge in [0.2, 0.25) is 0 Å². The van der Waals surface area contributed by atoms with Gasteiger partial charge < -0.3 is 8.83 Å². The van der Waals surface area contributed by atoms with Crippen molar-refractivity contribution in [1.82, 2.24) is 0 Å². The zero-order valence-corrected chi connectivity index (χ0v) is 26.8. The van der Waals surface area contributed by atoms with E-state index in [9.17, 15) is 0 Å². The molecular weight excluding hydrogens is 609 g/mol. The van der Waals surface area contributed by atoms with Crippen molar-refractivity contribution in [3.05, 3.63) is 158 Å². The van der Waals surface area contributed by atoms with Crippen LogP contribution in [0.4, 0.5) is 0 Å². The number of hydrogen-bond donors (Lipinski definition) is 0. The van der Waals surface area contributed by atoms with Gasteiger partial charge in [-0.05, 0) is 89.6 Å². The second kappa shape index (κ2) is 9.49. The fourth-order valence-electron chi connectivity index (χ4n) is 8.98. The molecule has 0 radical (unpaired) electrons. The summed E-state index contributed by atoms with van der Waals surface area (Å²) in [5.74, 6) is 0. The van der Waals surface area contributed by atoms with Crippen LogP contribution in [0.25, 0.3) is 120 Å². The standard InChI is InChI=1S/C48H26O2/c1-3-15-29-27(11-1)13-9-21-31(29)41-33-17-5-7-19-35(33)47-43-37(41)23-25-39-45(43)46-40(49-47)26-24-38-42(32-22-10-14-28-12-2-4-16-30(28)32)34-18-6-8-20-36(34)48(50-39)44(38)46/h1-26H. The molecule has 0 fully saturated rings. The molecule has 0 amide bonds. The van der Waals surface area contributed by atoms with Crippen molar-refractivity contribution < 1.29 is 8.83 Å². The fraction of sp³-hybridized carbons (Fsp3) is 0. The normalized spacial score (nSPS) is 12.4. The zero-order chi connectivity index (χ0) is 32.5. The Morgan fingerprint density at radius 2 is 0.640 bits per heavy atom. The van der Waals surface area contributed by atoms with Gasteiger partial charge in [0.05, 0.1) is 0 Å². The molecule has 0 aliphatic carbocycles. The maximum Gasteiger partial charge on any atom is 0.143 e. The van der Waals surface area contributed by atoms with E-state index in [0.29, 0.717) is 0 Å². The highest BCUT2D eigenvalue weighted by Crippen LogP contribution is 2.55. The quantitative estimate of drug-likeness (QED) is 0.140. The monoisotopic (exact) mass is 634 g/mol. The minimum atomic E-state index is 0.866. The lowest BCUT2D eigenvalue weighted by Crippen LogP contribution is -1.98. The van der Waals surface area contributed by atoms with Gasteiger partial charge in [0.1, 0.15) is 22.3 Å². The first kappa shape index (κ1) is 26.3. The smallest absolute Gasteiger partial charge is 0.143 e. The highest BCUT2D eigenvalue weighted by atomic mass is 16.3. The summed E-state index contributed by atoms with van der Waals surface area (Å²) in [6.45, 7) is 0. The molecule has 0 unspecified atom stereocenters. The number of fused-ring (bicyclic) bond motifs is 6. The van der Waals surface area contributed by atoms with Crippen LogP contribution in [-0.2, 0) is 0 Å². The minimum absolute atomic E-state index is 0.866. The number of benzene rings is 10. The number of rotatable bonds is 2. The van der Waals surface area contributed by atoms with E-state index < -0.39 is 0 Å². The van der Waals surface area contributed by atoms with Gasteiger partial charge in [0.15, 0.2) is 0 Å². The van der Waals surface area contributed by atoms with Crippen LogP contribution in [0.1, 0.15) is 0 Å². The van der Waals surface area contributed by atoms with Crippen LogP contribution >= 0.6 is 0 Å². The second-order valence-electron chi connectivity index (χ2n) is 13.5. The molecule has 2 nitrogen and oxygen atoms in total. The molecule has 0 bridgehead atoms. The third-order valence-corrected chi connectivity index (χ3v) is 11.0. The maximum atomic E-state index is 7.10. The van der Waals surface area contributed by atoms with Crippen molar-refractivity contribution in [3.8, 4) is 33.4 Å². The van der Waals surface area contributed by atoms with E-state index in [0.717, 1.165) is 55.0 Å². The average Bonchev–Trinajstić information content (AvgIpc) is 3.18. The zero-order valence-electron chi connectivity index (χ0n) is 26.8. The Labute approximate surface area is 286 Å². The topological polar surface area (TPSA) is 26.3 Å². The van der Waals surface area contributed by atoms with E-state index in [1.165, 1.54) is 65.3 Å². The lowest BCUT2D eigenvalue weighted by Gasteiger charge is -2.24. The van der Waals surface area contributed by atoms with E-state index in [4.69, 9.17) is 8.83 Å². The molecule has 10 aromatic carbocycles. The van der Waals surface area contributed by atoms with E-state index in [1.807, 2.05) is 0 Å². The SMILES string of the molecule is c1ccc2c(-c3c4ccccc4c4oc5ccc6c(-c7cccc8ccccc78)c7ccccc7c7oc8ccc3c4c8-c5c67)cccc2c1. The summed E-state index contributed by atoms with van der Waals surface area (Å²) in [5, 5.41) is 14.0. The summed E-state index contributed by atoms with van der Waals surface area (Å²) in [5.41, 5.74) is 10.6. The summed E-state index contributed by atoms with van der Waals surface area (Å²) in [4.78, 5) is 0. The van der Waals surface area contributed by atoms with E-state index >= 15 is 0 Å². The summed E-state index contributed by atoms with van der Waals surface area (Å²) < 4.78 is 14.2. The first-order valence-electron chi connectivity index (χ1n) is 17.2. The van der Waals surface area contributed by atoms with E-state index in [1.54, 1.807) is 0 Å². The van der Waals surface area contributed by atoms with Crippen LogP contribution < -0.4 is 0 Å². The second-order valence-corrected chi connectivity index (χ2v) is 13.5. The van der Waals surface area contributed by atoms with Crippen molar-refractivity contribution in [2.45, 2.75) is 0 Å². The molecule has 0 atom stereocenters. The summed E-state index contributed by atoms with van der Waals surface area (Å²) >= 11 is 0. The third kappa shape index (κ3) is 3.28. The molecule has 2 heterocycles. The van der Waals surface area contributed by atoms with Crippen LogP contribution in [-0.4, -0.2) is 0 Å². The van der Waals surface area contributed by atoms with Gasteiger partial charge in [-0.2, -0.15) is 0 Å². The lowest BCUT2D eigenvalue weighted by atomic mass is 9.82. The lowest BCUT2D eigenvalue weighted by molar-refractivity contribution is 0.650. The largest absolute Gasteiger partial charge is 0.455 e. The highest BCUT2D eigenvalue weighted by molar-refractivity contribution is 6.35. The van der Waals surface area contributed by atoms with Crippen LogP contribution in [0.15, 0.2) is 167 Å². The highest BCUT2D eigenvalue weighted by Gasteiger charge is 2.29. The Bertz CT molecular complexity index is 3080. The molecule has 230 valence electrons. The molecule has 10 aromatic rings. The van der Waals surface area contributed by atoms with Crippen molar-refractivity contribution in [2.24, 2.45) is 0 Å². The predicted octanol–water partition coefficient (Wildman–Crippen LogP) is 14.0. The molecule has 0 aromatic heterocycles. The van der Waals surface area contributed by atoms with Crippen LogP contribution in [0.3, 0.4) is 0 Å². The predicted molar refractivity (Wildman–Crippen MR) is 210 cm³/mol. The maximum absolute atomic E-state index is 7.10. The van der Waals surface area contributed by atoms with Gasteiger partial charge in [0, 0.05) is 32.7 Å².